The number of nitrogen functional groups attached to an aromatic ring is 1. The Morgan fingerprint density at radius 1 is 1.62 bits per heavy atom. The summed E-state index contributed by atoms with van der Waals surface area (Å²) < 4.78 is 1.89. The number of rotatable bonds is 4. The predicted molar refractivity (Wildman–Crippen MR) is 58.9 cm³/mol. The molecule has 0 unspecified atom stereocenters. The normalized spacial score (nSPS) is 10.6. The molecule has 84 valence electrons. The van der Waals surface area contributed by atoms with E-state index in [9.17, 15) is 4.79 Å². The molecule has 0 atom stereocenters. The van der Waals surface area contributed by atoms with Gasteiger partial charge in [-0.1, -0.05) is 0 Å². The highest BCUT2D eigenvalue weighted by Crippen LogP contribution is 2.11. The molecule has 3 N–H and O–H groups in total. The standard InChI is InChI=1S/C10H13N5O/c1-15-5-4-12-9(15)3-2-8(16)7-6-13-14-10(7)11/h4-6H,2-3H2,1H3,(H3,11,13,14). The highest BCUT2D eigenvalue weighted by Gasteiger charge is 2.12. The highest BCUT2D eigenvalue weighted by molar-refractivity contribution is 5.99. The van der Waals surface area contributed by atoms with E-state index in [2.05, 4.69) is 15.2 Å². The summed E-state index contributed by atoms with van der Waals surface area (Å²) in [5.74, 6) is 1.19. The van der Waals surface area contributed by atoms with Crippen molar-refractivity contribution >= 4 is 11.6 Å². The van der Waals surface area contributed by atoms with E-state index in [4.69, 9.17) is 5.73 Å². The summed E-state index contributed by atoms with van der Waals surface area (Å²) in [6.07, 6.45) is 6.01. The van der Waals surface area contributed by atoms with Crippen LogP contribution in [0.15, 0.2) is 18.6 Å². The second kappa shape index (κ2) is 4.18. The molecule has 0 aromatic carbocycles. The Labute approximate surface area is 92.5 Å². The molecule has 0 bridgehead atoms. The van der Waals surface area contributed by atoms with Gasteiger partial charge in [0, 0.05) is 32.3 Å². The molecular formula is C10H13N5O. The van der Waals surface area contributed by atoms with Crippen molar-refractivity contribution in [3.8, 4) is 0 Å². The summed E-state index contributed by atoms with van der Waals surface area (Å²) in [4.78, 5) is 15.9. The Kier molecular flexibility index (Phi) is 2.72. The molecular weight excluding hydrogens is 206 g/mol. The third-order valence-corrected chi connectivity index (χ3v) is 2.47. The maximum Gasteiger partial charge on any atom is 0.168 e. The number of H-pyrrole nitrogens is 1. The molecule has 0 aliphatic carbocycles. The number of aryl methyl sites for hydroxylation is 2. The van der Waals surface area contributed by atoms with Crippen molar-refractivity contribution in [1.29, 1.82) is 0 Å². The molecule has 0 radical (unpaired) electrons. The largest absolute Gasteiger partial charge is 0.383 e. The van der Waals surface area contributed by atoms with E-state index in [1.54, 1.807) is 6.20 Å². The SMILES string of the molecule is Cn1ccnc1CCC(=O)c1cn[nH]c1N. The summed E-state index contributed by atoms with van der Waals surface area (Å²) in [6.45, 7) is 0. The smallest absolute Gasteiger partial charge is 0.168 e. The summed E-state index contributed by atoms with van der Waals surface area (Å²) in [5.41, 5.74) is 6.01. The van der Waals surface area contributed by atoms with Crippen molar-refractivity contribution in [2.24, 2.45) is 7.05 Å². The lowest BCUT2D eigenvalue weighted by Gasteiger charge is -2.00. The molecule has 0 fully saturated rings. The molecule has 6 heteroatoms. The molecule has 2 aromatic heterocycles. The summed E-state index contributed by atoms with van der Waals surface area (Å²) in [7, 11) is 1.90. The lowest BCUT2D eigenvalue weighted by atomic mass is 10.1. The highest BCUT2D eigenvalue weighted by atomic mass is 16.1. The Hall–Kier alpha value is -2.11. The van der Waals surface area contributed by atoms with Gasteiger partial charge in [0.25, 0.3) is 0 Å². The average molecular weight is 219 g/mol. The fourth-order valence-corrected chi connectivity index (χ4v) is 1.52. The number of anilines is 1. The van der Waals surface area contributed by atoms with E-state index >= 15 is 0 Å². The first-order valence-electron chi connectivity index (χ1n) is 4.96. The Balaban J connectivity index is 1.99. The molecule has 0 saturated carbocycles. The topological polar surface area (TPSA) is 89.6 Å². The number of nitrogens with zero attached hydrogens (tertiary/aromatic N) is 3. The van der Waals surface area contributed by atoms with Gasteiger partial charge >= 0.3 is 0 Å². The molecule has 2 aromatic rings. The number of nitrogens with two attached hydrogens (primary N) is 1. The van der Waals surface area contributed by atoms with Gasteiger partial charge in [-0.15, -0.1) is 0 Å². The van der Waals surface area contributed by atoms with E-state index in [1.807, 2.05) is 17.8 Å². The van der Waals surface area contributed by atoms with Crippen molar-refractivity contribution in [3.63, 3.8) is 0 Å². The van der Waals surface area contributed by atoms with Crippen LogP contribution in [-0.2, 0) is 13.5 Å². The van der Waals surface area contributed by atoms with Crippen LogP contribution in [0.2, 0.25) is 0 Å². The number of imidazole rings is 1. The van der Waals surface area contributed by atoms with E-state index in [-0.39, 0.29) is 5.78 Å². The van der Waals surface area contributed by atoms with Crippen LogP contribution in [0.1, 0.15) is 22.6 Å². The van der Waals surface area contributed by atoms with Crippen molar-refractivity contribution in [2.45, 2.75) is 12.8 Å². The van der Waals surface area contributed by atoms with Crippen LogP contribution < -0.4 is 5.73 Å². The van der Waals surface area contributed by atoms with Gasteiger partial charge in [-0.3, -0.25) is 9.89 Å². The Morgan fingerprint density at radius 3 is 3.00 bits per heavy atom. The zero-order valence-corrected chi connectivity index (χ0v) is 8.97. The first-order valence-corrected chi connectivity index (χ1v) is 4.96. The van der Waals surface area contributed by atoms with Crippen LogP contribution in [0.3, 0.4) is 0 Å². The van der Waals surface area contributed by atoms with Crippen LogP contribution in [0, 0.1) is 0 Å². The summed E-state index contributed by atoms with van der Waals surface area (Å²) >= 11 is 0. The van der Waals surface area contributed by atoms with Crippen LogP contribution in [-0.4, -0.2) is 25.5 Å². The van der Waals surface area contributed by atoms with Gasteiger partial charge in [0.2, 0.25) is 0 Å². The molecule has 0 amide bonds. The molecule has 2 heterocycles. The van der Waals surface area contributed by atoms with Crippen molar-refractivity contribution < 1.29 is 4.79 Å². The fraction of sp³-hybridized carbons (Fsp3) is 0.300. The van der Waals surface area contributed by atoms with Crippen LogP contribution in [0.25, 0.3) is 0 Å². The Morgan fingerprint density at radius 2 is 2.44 bits per heavy atom. The van der Waals surface area contributed by atoms with E-state index in [0.717, 1.165) is 5.82 Å². The molecule has 0 saturated heterocycles. The van der Waals surface area contributed by atoms with Gasteiger partial charge in [-0.25, -0.2) is 4.98 Å². The molecule has 0 aliphatic rings. The maximum atomic E-state index is 11.8. The molecule has 0 spiro atoms. The summed E-state index contributed by atoms with van der Waals surface area (Å²) in [6, 6.07) is 0. The minimum atomic E-state index is -0.0192. The average Bonchev–Trinajstić information content (AvgIpc) is 2.84. The number of nitrogens with one attached hydrogen (secondary N) is 1. The lowest BCUT2D eigenvalue weighted by molar-refractivity contribution is 0.0983. The first-order chi connectivity index (χ1) is 7.68. The minimum Gasteiger partial charge on any atom is -0.383 e. The number of hydrogen-bond acceptors (Lipinski definition) is 4. The van der Waals surface area contributed by atoms with Crippen molar-refractivity contribution in [1.82, 2.24) is 19.7 Å². The minimum absolute atomic E-state index is 0.0192. The zero-order valence-electron chi connectivity index (χ0n) is 8.97. The number of aromatic nitrogens is 4. The molecule has 6 nitrogen and oxygen atoms in total. The first kappa shape index (κ1) is 10.4. The number of ketones is 1. The van der Waals surface area contributed by atoms with Gasteiger partial charge in [-0.2, -0.15) is 5.10 Å². The van der Waals surface area contributed by atoms with Crippen molar-refractivity contribution in [3.05, 3.63) is 30.0 Å². The van der Waals surface area contributed by atoms with E-state index in [1.165, 1.54) is 6.20 Å². The van der Waals surface area contributed by atoms with Crippen molar-refractivity contribution in [2.75, 3.05) is 5.73 Å². The molecule has 2 rings (SSSR count). The van der Waals surface area contributed by atoms with Gasteiger partial charge in [0.05, 0.1) is 11.8 Å². The Bertz CT molecular complexity index is 499. The van der Waals surface area contributed by atoms with Crippen LogP contribution in [0.5, 0.6) is 0 Å². The van der Waals surface area contributed by atoms with E-state index in [0.29, 0.717) is 24.2 Å². The third kappa shape index (κ3) is 1.95. The summed E-state index contributed by atoms with van der Waals surface area (Å²) in [5, 5.41) is 6.25. The van der Waals surface area contributed by atoms with Crippen LogP contribution in [0.4, 0.5) is 5.82 Å². The monoisotopic (exact) mass is 219 g/mol. The zero-order chi connectivity index (χ0) is 11.5. The number of carbonyl (C=O) groups excluding carboxylic acids is 1. The van der Waals surface area contributed by atoms with Gasteiger partial charge in [-0.05, 0) is 0 Å². The van der Waals surface area contributed by atoms with E-state index < -0.39 is 0 Å². The predicted octanol–water partition coefficient (Wildman–Crippen LogP) is 0.541. The maximum absolute atomic E-state index is 11.8. The molecule has 16 heavy (non-hydrogen) atoms. The second-order valence-electron chi connectivity index (χ2n) is 3.57. The second-order valence-corrected chi connectivity index (χ2v) is 3.57. The molecule has 0 aliphatic heterocycles. The fourth-order valence-electron chi connectivity index (χ4n) is 1.52. The lowest BCUT2D eigenvalue weighted by Crippen LogP contribution is -2.06. The van der Waals surface area contributed by atoms with Gasteiger partial charge in [0.1, 0.15) is 11.6 Å². The third-order valence-electron chi connectivity index (χ3n) is 2.47. The number of Topliss-reactive ketones (excluding diaryl/α,β-unsaturated/α-hetero) is 1. The number of carbonyl (C=O) groups is 1. The number of aromatic amines is 1. The van der Waals surface area contributed by atoms with Crippen LogP contribution >= 0.6 is 0 Å². The van der Waals surface area contributed by atoms with Gasteiger partial charge < -0.3 is 10.3 Å². The number of hydrogen-bond donors (Lipinski definition) is 2. The quantitative estimate of drug-likeness (QED) is 0.734. The van der Waals surface area contributed by atoms with Gasteiger partial charge in [0.15, 0.2) is 5.78 Å².